The molecular formula is C7H9BrO2. The van der Waals surface area contributed by atoms with E-state index in [-0.39, 0.29) is 5.97 Å². The van der Waals surface area contributed by atoms with Gasteiger partial charge in [0.25, 0.3) is 0 Å². The van der Waals surface area contributed by atoms with Gasteiger partial charge in [0.05, 0.1) is 0 Å². The Balaban J connectivity index is 3.52. The standard InChI is InChI=1S/C7H9BrO2/c1-3-7(8)4-5-10-6(2)9/h3-4H,1,5H2,2H3/b7-4+. The maximum absolute atomic E-state index is 10.2. The zero-order valence-electron chi connectivity index (χ0n) is 5.76. The molecule has 0 radical (unpaired) electrons. The van der Waals surface area contributed by atoms with Crippen LogP contribution in [0.1, 0.15) is 6.92 Å². The van der Waals surface area contributed by atoms with Crippen molar-refractivity contribution in [3.8, 4) is 0 Å². The lowest BCUT2D eigenvalue weighted by atomic mass is 10.5. The number of carbonyl (C=O) groups excluding carboxylic acids is 1. The van der Waals surface area contributed by atoms with Crippen LogP contribution in [0.2, 0.25) is 0 Å². The Morgan fingerprint density at radius 3 is 2.80 bits per heavy atom. The fraction of sp³-hybridized carbons (Fsp3) is 0.286. The number of esters is 1. The summed E-state index contributed by atoms with van der Waals surface area (Å²) in [5.41, 5.74) is 0. The van der Waals surface area contributed by atoms with Gasteiger partial charge in [0.2, 0.25) is 0 Å². The molecule has 0 rings (SSSR count). The summed E-state index contributed by atoms with van der Waals surface area (Å²) >= 11 is 3.18. The molecule has 10 heavy (non-hydrogen) atoms. The Morgan fingerprint density at radius 2 is 2.40 bits per heavy atom. The quantitative estimate of drug-likeness (QED) is 0.520. The minimum atomic E-state index is -0.277. The number of hydrogen-bond acceptors (Lipinski definition) is 2. The second-order valence-electron chi connectivity index (χ2n) is 1.60. The molecule has 0 atom stereocenters. The van der Waals surface area contributed by atoms with E-state index in [0.717, 1.165) is 4.48 Å². The lowest BCUT2D eigenvalue weighted by molar-refractivity contribution is -0.139. The summed E-state index contributed by atoms with van der Waals surface area (Å²) in [6, 6.07) is 0. The molecule has 0 aromatic heterocycles. The van der Waals surface area contributed by atoms with Crippen LogP contribution in [0, 0.1) is 0 Å². The first-order valence-electron chi connectivity index (χ1n) is 2.78. The monoisotopic (exact) mass is 204 g/mol. The van der Waals surface area contributed by atoms with Gasteiger partial charge in [-0.3, -0.25) is 4.79 Å². The predicted molar refractivity (Wildman–Crippen MR) is 43.8 cm³/mol. The zero-order valence-corrected chi connectivity index (χ0v) is 7.35. The summed E-state index contributed by atoms with van der Waals surface area (Å²) in [4.78, 5) is 10.2. The van der Waals surface area contributed by atoms with Crippen molar-refractivity contribution >= 4 is 21.9 Å². The van der Waals surface area contributed by atoms with Crippen LogP contribution in [-0.2, 0) is 9.53 Å². The number of ether oxygens (including phenoxy) is 1. The largest absolute Gasteiger partial charge is 0.462 e. The smallest absolute Gasteiger partial charge is 0.302 e. The highest BCUT2D eigenvalue weighted by atomic mass is 79.9. The Hall–Kier alpha value is -0.570. The molecule has 0 spiro atoms. The molecule has 0 saturated heterocycles. The summed E-state index contributed by atoms with van der Waals surface area (Å²) in [5.74, 6) is -0.277. The summed E-state index contributed by atoms with van der Waals surface area (Å²) < 4.78 is 5.45. The third-order valence-corrected chi connectivity index (χ3v) is 1.41. The van der Waals surface area contributed by atoms with Crippen LogP contribution < -0.4 is 0 Å². The van der Waals surface area contributed by atoms with Crippen LogP contribution in [0.5, 0.6) is 0 Å². The minimum absolute atomic E-state index is 0.277. The van der Waals surface area contributed by atoms with Crippen molar-refractivity contribution in [1.29, 1.82) is 0 Å². The maximum Gasteiger partial charge on any atom is 0.302 e. The van der Waals surface area contributed by atoms with Crippen LogP contribution in [0.3, 0.4) is 0 Å². The second kappa shape index (κ2) is 5.23. The summed E-state index contributed by atoms with van der Waals surface area (Å²) in [5, 5.41) is 0. The van der Waals surface area contributed by atoms with E-state index in [4.69, 9.17) is 0 Å². The van der Waals surface area contributed by atoms with E-state index in [1.165, 1.54) is 6.92 Å². The van der Waals surface area contributed by atoms with Crippen LogP contribution in [0.15, 0.2) is 23.2 Å². The number of rotatable bonds is 3. The van der Waals surface area contributed by atoms with Gasteiger partial charge in [0.15, 0.2) is 0 Å². The lowest BCUT2D eigenvalue weighted by Gasteiger charge is -1.94. The summed E-state index contributed by atoms with van der Waals surface area (Å²) in [6.07, 6.45) is 3.35. The van der Waals surface area contributed by atoms with E-state index in [0.29, 0.717) is 6.61 Å². The van der Waals surface area contributed by atoms with Gasteiger partial charge in [-0.2, -0.15) is 0 Å². The molecule has 0 aliphatic heterocycles. The van der Waals surface area contributed by atoms with Crippen molar-refractivity contribution in [2.24, 2.45) is 0 Å². The molecule has 0 N–H and O–H groups in total. The van der Waals surface area contributed by atoms with Crippen molar-refractivity contribution < 1.29 is 9.53 Å². The van der Waals surface area contributed by atoms with Crippen molar-refractivity contribution in [1.82, 2.24) is 0 Å². The highest BCUT2D eigenvalue weighted by molar-refractivity contribution is 9.11. The van der Waals surface area contributed by atoms with Crippen molar-refractivity contribution in [2.75, 3.05) is 6.61 Å². The molecule has 0 aliphatic carbocycles. The van der Waals surface area contributed by atoms with Gasteiger partial charge in [-0.1, -0.05) is 28.6 Å². The van der Waals surface area contributed by atoms with Crippen LogP contribution >= 0.6 is 15.9 Å². The van der Waals surface area contributed by atoms with E-state index in [1.807, 2.05) is 0 Å². The normalized spacial score (nSPS) is 10.8. The zero-order chi connectivity index (χ0) is 7.98. The van der Waals surface area contributed by atoms with Crippen molar-refractivity contribution in [2.45, 2.75) is 6.92 Å². The SMILES string of the molecule is C=C/C(Br)=C\COC(C)=O. The van der Waals surface area contributed by atoms with E-state index in [2.05, 4.69) is 27.2 Å². The Kier molecular flexibility index (Phi) is 4.94. The molecule has 0 heterocycles. The van der Waals surface area contributed by atoms with Crippen LogP contribution in [0.4, 0.5) is 0 Å². The summed E-state index contributed by atoms with van der Waals surface area (Å²) in [7, 11) is 0. The highest BCUT2D eigenvalue weighted by Crippen LogP contribution is 2.03. The van der Waals surface area contributed by atoms with Gasteiger partial charge in [0.1, 0.15) is 6.61 Å². The van der Waals surface area contributed by atoms with Gasteiger partial charge < -0.3 is 4.74 Å². The predicted octanol–water partition coefficient (Wildman–Crippen LogP) is 2.01. The fourth-order valence-corrected chi connectivity index (χ4v) is 0.454. The Morgan fingerprint density at radius 1 is 1.80 bits per heavy atom. The van der Waals surface area contributed by atoms with E-state index in [1.54, 1.807) is 12.2 Å². The minimum Gasteiger partial charge on any atom is -0.462 e. The van der Waals surface area contributed by atoms with Crippen LogP contribution in [-0.4, -0.2) is 12.6 Å². The van der Waals surface area contributed by atoms with Crippen molar-refractivity contribution in [3.63, 3.8) is 0 Å². The molecule has 0 bridgehead atoms. The Labute approximate surface area is 68.7 Å². The van der Waals surface area contributed by atoms with Gasteiger partial charge in [-0.05, 0) is 6.08 Å². The summed E-state index contributed by atoms with van der Waals surface area (Å²) in [6.45, 7) is 5.17. The molecule has 2 nitrogen and oxygen atoms in total. The number of halogens is 1. The molecule has 0 amide bonds. The van der Waals surface area contributed by atoms with E-state index in [9.17, 15) is 4.79 Å². The maximum atomic E-state index is 10.2. The molecular weight excluding hydrogens is 196 g/mol. The molecule has 0 fully saturated rings. The van der Waals surface area contributed by atoms with Crippen LogP contribution in [0.25, 0.3) is 0 Å². The third kappa shape index (κ3) is 5.56. The first-order valence-corrected chi connectivity index (χ1v) is 3.57. The highest BCUT2D eigenvalue weighted by Gasteiger charge is 1.88. The topological polar surface area (TPSA) is 26.3 Å². The van der Waals surface area contributed by atoms with Gasteiger partial charge in [-0.25, -0.2) is 0 Å². The molecule has 0 aliphatic rings. The van der Waals surface area contributed by atoms with Gasteiger partial charge in [-0.15, -0.1) is 0 Å². The molecule has 0 unspecified atom stereocenters. The second-order valence-corrected chi connectivity index (χ2v) is 2.51. The lowest BCUT2D eigenvalue weighted by Crippen LogP contribution is -1.97. The molecule has 56 valence electrons. The van der Waals surface area contributed by atoms with E-state index < -0.39 is 0 Å². The molecule has 0 saturated carbocycles. The van der Waals surface area contributed by atoms with Gasteiger partial charge >= 0.3 is 5.97 Å². The van der Waals surface area contributed by atoms with Crippen molar-refractivity contribution in [3.05, 3.63) is 23.2 Å². The third-order valence-electron chi connectivity index (χ3n) is 0.760. The first kappa shape index (κ1) is 9.43. The average Bonchev–Trinajstić information content (AvgIpc) is 1.87. The molecule has 3 heteroatoms. The molecule has 0 aromatic carbocycles. The number of carbonyl (C=O) groups is 1. The average molecular weight is 205 g/mol. The molecule has 0 aromatic rings. The van der Waals surface area contributed by atoms with E-state index >= 15 is 0 Å². The van der Waals surface area contributed by atoms with Gasteiger partial charge in [0, 0.05) is 11.4 Å². The Bertz CT molecular complexity index is 161. The number of hydrogen-bond donors (Lipinski definition) is 0. The first-order chi connectivity index (χ1) is 4.66. The fourth-order valence-electron chi connectivity index (χ4n) is 0.322. The number of allylic oxidation sites excluding steroid dienone is 2.